The molecule has 7 nitrogen and oxygen atoms in total. The molecule has 152 valence electrons. The fourth-order valence-corrected chi connectivity index (χ4v) is 3.77. The first-order valence-corrected chi connectivity index (χ1v) is 10.8. The summed E-state index contributed by atoms with van der Waals surface area (Å²) in [7, 11) is 0. The maximum Gasteiger partial charge on any atom is 0.291 e. The molecule has 0 unspecified atom stereocenters. The predicted octanol–water partition coefficient (Wildman–Crippen LogP) is 1.60. The number of amides is 2. The minimum absolute atomic E-state index is 0.0974. The maximum absolute atomic E-state index is 12.3. The average molecular weight is 405 g/mol. The zero-order chi connectivity index (χ0) is 19.8. The van der Waals surface area contributed by atoms with E-state index in [0.29, 0.717) is 30.2 Å². The van der Waals surface area contributed by atoms with Gasteiger partial charge in [0.15, 0.2) is 5.76 Å². The molecule has 3 rings (SSSR count). The van der Waals surface area contributed by atoms with Crippen molar-refractivity contribution in [2.45, 2.75) is 6.92 Å². The predicted molar refractivity (Wildman–Crippen MR) is 112 cm³/mol. The second kappa shape index (κ2) is 10.5. The average Bonchev–Trinajstić information content (AvgIpc) is 2.75. The van der Waals surface area contributed by atoms with Crippen LogP contribution in [0.4, 0.5) is 5.69 Å². The van der Waals surface area contributed by atoms with E-state index < -0.39 is 0 Å². The molecule has 2 amide bonds. The molecule has 0 saturated carbocycles. The Kier molecular flexibility index (Phi) is 7.76. The Labute approximate surface area is 170 Å². The summed E-state index contributed by atoms with van der Waals surface area (Å²) in [5.74, 6) is 0.820. The van der Waals surface area contributed by atoms with E-state index >= 15 is 0 Å². The molecule has 0 aromatic heterocycles. The van der Waals surface area contributed by atoms with Gasteiger partial charge in [-0.1, -0.05) is 6.92 Å². The molecule has 0 radical (unpaired) electrons. The summed E-state index contributed by atoms with van der Waals surface area (Å²) in [6.07, 6.45) is 0. The number of carbonyl (C=O) groups is 2. The number of nitrogens with one attached hydrogen (secondary N) is 2. The number of likely N-dealkylation sites (N-methyl/N-ethyl adjacent to an activating group) is 1. The molecule has 1 saturated heterocycles. The number of ether oxygens (including phenoxy) is 1. The second-order valence-corrected chi connectivity index (χ2v) is 7.74. The molecular formula is C20H28N4O3S. The molecule has 1 aromatic carbocycles. The van der Waals surface area contributed by atoms with Crippen LogP contribution in [-0.4, -0.2) is 79.8 Å². The van der Waals surface area contributed by atoms with Crippen LogP contribution < -0.4 is 10.6 Å². The summed E-state index contributed by atoms with van der Waals surface area (Å²) in [5.41, 5.74) is 1.22. The van der Waals surface area contributed by atoms with E-state index in [1.54, 1.807) is 41.4 Å². The van der Waals surface area contributed by atoms with Crippen molar-refractivity contribution in [1.82, 2.24) is 15.1 Å². The van der Waals surface area contributed by atoms with Crippen LogP contribution in [0.1, 0.15) is 17.3 Å². The monoisotopic (exact) mass is 404 g/mol. The fraction of sp³-hybridized carbons (Fsp3) is 0.500. The van der Waals surface area contributed by atoms with Gasteiger partial charge in [-0.15, -0.1) is 11.8 Å². The number of hydrogen-bond donors (Lipinski definition) is 2. The third kappa shape index (κ3) is 5.98. The van der Waals surface area contributed by atoms with Gasteiger partial charge in [0.05, 0.1) is 6.61 Å². The Hall–Kier alpha value is -2.03. The van der Waals surface area contributed by atoms with Gasteiger partial charge in [0.25, 0.3) is 11.8 Å². The highest BCUT2D eigenvalue weighted by Crippen LogP contribution is 2.17. The quantitative estimate of drug-likeness (QED) is 0.719. The highest BCUT2D eigenvalue weighted by Gasteiger charge is 2.16. The standard InChI is InChI=1S/C20H28N4O3S/c1-2-23-9-11-24(12-10-23)8-7-21-19(25)16-3-5-17(6-4-16)22-20(26)18-15-28-14-13-27-18/h3-6,15H,2,7-14H2,1H3,(H,21,25)(H,22,26). The van der Waals surface area contributed by atoms with Crippen molar-refractivity contribution >= 4 is 29.3 Å². The van der Waals surface area contributed by atoms with Gasteiger partial charge in [0.2, 0.25) is 0 Å². The lowest BCUT2D eigenvalue weighted by molar-refractivity contribution is -0.116. The van der Waals surface area contributed by atoms with Crippen molar-refractivity contribution in [3.63, 3.8) is 0 Å². The highest BCUT2D eigenvalue weighted by molar-refractivity contribution is 8.02. The minimum atomic E-state index is -0.271. The van der Waals surface area contributed by atoms with E-state index in [2.05, 4.69) is 27.4 Å². The summed E-state index contributed by atoms with van der Waals surface area (Å²) in [6.45, 7) is 9.62. The number of nitrogens with zero attached hydrogens (tertiary/aromatic N) is 2. The third-order valence-corrected chi connectivity index (χ3v) is 5.69. The molecule has 2 N–H and O–H groups in total. The number of piperazine rings is 1. The van der Waals surface area contributed by atoms with Gasteiger partial charge in [-0.25, -0.2) is 0 Å². The Bertz CT molecular complexity index is 700. The van der Waals surface area contributed by atoms with Crippen molar-refractivity contribution < 1.29 is 14.3 Å². The normalized spacial score (nSPS) is 18.1. The number of rotatable bonds is 7. The first kappa shape index (κ1) is 20.7. The first-order chi connectivity index (χ1) is 13.7. The molecule has 28 heavy (non-hydrogen) atoms. The van der Waals surface area contributed by atoms with Crippen LogP contribution >= 0.6 is 11.8 Å². The molecule has 2 aliphatic heterocycles. The van der Waals surface area contributed by atoms with Crippen molar-refractivity contribution in [3.8, 4) is 0 Å². The fourth-order valence-electron chi connectivity index (χ4n) is 3.14. The van der Waals surface area contributed by atoms with Crippen LogP contribution in [0.3, 0.4) is 0 Å². The van der Waals surface area contributed by atoms with Crippen molar-refractivity contribution in [2.24, 2.45) is 0 Å². The van der Waals surface area contributed by atoms with E-state index in [1.807, 2.05) is 0 Å². The SMILES string of the molecule is CCN1CCN(CCNC(=O)c2ccc(NC(=O)C3=CSCCO3)cc2)CC1. The van der Waals surface area contributed by atoms with E-state index in [-0.39, 0.29) is 11.8 Å². The lowest BCUT2D eigenvalue weighted by Gasteiger charge is -2.33. The van der Waals surface area contributed by atoms with Crippen LogP contribution in [0, 0.1) is 0 Å². The first-order valence-electron chi connectivity index (χ1n) is 9.74. The molecule has 8 heteroatoms. The molecule has 1 fully saturated rings. The minimum Gasteiger partial charge on any atom is -0.487 e. The summed E-state index contributed by atoms with van der Waals surface area (Å²) < 4.78 is 5.34. The Morgan fingerprint density at radius 3 is 2.43 bits per heavy atom. The molecule has 0 bridgehead atoms. The van der Waals surface area contributed by atoms with Gasteiger partial charge in [0, 0.05) is 61.7 Å². The Balaban J connectivity index is 1.41. The van der Waals surface area contributed by atoms with Gasteiger partial charge in [-0.2, -0.15) is 0 Å². The number of anilines is 1. The lowest BCUT2D eigenvalue weighted by atomic mass is 10.2. The molecule has 0 atom stereocenters. The molecule has 0 aliphatic carbocycles. The van der Waals surface area contributed by atoms with Crippen LogP contribution in [0.25, 0.3) is 0 Å². The van der Waals surface area contributed by atoms with E-state index in [1.165, 1.54) is 0 Å². The van der Waals surface area contributed by atoms with E-state index in [4.69, 9.17) is 4.74 Å². The molecular weight excluding hydrogens is 376 g/mol. The molecule has 2 aliphatic rings. The Morgan fingerprint density at radius 1 is 1.07 bits per heavy atom. The van der Waals surface area contributed by atoms with Gasteiger partial charge in [-0.05, 0) is 30.8 Å². The van der Waals surface area contributed by atoms with Crippen LogP contribution in [0.2, 0.25) is 0 Å². The van der Waals surface area contributed by atoms with Crippen molar-refractivity contribution in [1.29, 1.82) is 0 Å². The summed E-state index contributed by atoms with van der Waals surface area (Å²) in [5, 5.41) is 7.48. The molecule has 0 spiro atoms. The number of benzene rings is 1. The lowest BCUT2D eigenvalue weighted by Crippen LogP contribution is -2.48. The van der Waals surface area contributed by atoms with Crippen LogP contribution in [0.15, 0.2) is 35.4 Å². The van der Waals surface area contributed by atoms with Crippen LogP contribution in [0.5, 0.6) is 0 Å². The number of carbonyl (C=O) groups excluding carboxylic acids is 2. The maximum atomic E-state index is 12.3. The highest BCUT2D eigenvalue weighted by atomic mass is 32.2. The summed E-state index contributed by atoms with van der Waals surface area (Å²) in [6, 6.07) is 6.90. The second-order valence-electron chi connectivity index (χ2n) is 6.76. The Morgan fingerprint density at radius 2 is 1.79 bits per heavy atom. The van der Waals surface area contributed by atoms with Crippen molar-refractivity contribution in [2.75, 3.05) is 63.5 Å². The molecule has 2 heterocycles. The largest absolute Gasteiger partial charge is 0.487 e. The van der Waals surface area contributed by atoms with Gasteiger partial charge >= 0.3 is 0 Å². The van der Waals surface area contributed by atoms with Crippen LogP contribution in [-0.2, 0) is 9.53 Å². The summed E-state index contributed by atoms with van der Waals surface area (Å²) in [4.78, 5) is 29.2. The smallest absolute Gasteiger partial charge is 0.291 e. The number of thioether (sulfide) groups is 1. The zero-order valence-electron chi connectivity index (χ0n) is 16.3. The topological polar surface area (TPSA) is 73.9 Å². The van der Waals surface area contributed by atoms with Gasteiger partial charge in [0.1, 0.15) is 0 Å². The number of hydrogen-bond acceptors (Lipinski definition) is 6. The molecule has 1 aromatic rings. The van der Waals surface area contributed by atoms with Gasteiger partial charge in [-0.3, -0.25) is 14.5 Å². The van der Waals surface area contributed by atoms with Crippen molar-refractivity contribution in [3.05, 3.63) is 41.0 Å². The zero-order valence-corrected chi connectivity index (χ0v) is 17.1. The van der Waals surface area contributed by atoms with E-state index in [9.17, 15) is 9.59 Å². The van der Waals surface area contributed by atoms with E-state index in [0.717, 1.165) is 45.0 Å². The van der Waals surface area contributed by atoms with Gasteiger partial charge < -0.3 is 20.3 Å². The summed E-state index contributed by atoms with van der Waals surface area (Å²) >= 11 is 1.56. The third-order valence-electron chi connectivity index (χ3n) is 4.90.